The van der Waals surface area contributed by atoms with E-state index in [-0.39, 0.29) is 31.0 Å². The molecule has 4 heterocycles. The molecule has 3 N–H and O–H groups in total. The van der Waals surface area contributed by atoms with Gasteiger partial charge in [-0.05, 0) is 82.3 Å². The first-order chi connectivity index (χ1) is 20.8. The number of carbonyl (C=O) groups excluding carboxylic acids is 3. The van der Waals surface area contributed by atoms with Crippen molar-refractivity contribution in [2.45, 2.75) is 69.9 Å². The molecule has 228 valence electrons. The first-order valence-corrected chi connectivity index (χ1v) is 15.0. The summed E-state index contributed by atoms with van der Waals surface area (Å²) in [6.45, 7) is 4.77. The van der Waals surface area contributed by atoms with Gasteiger partial charge in [0.05, 0.1) is 29.6 Å². The number of amides is 3. The maximum absolute atomic E-state index is 14.2. The number of carbonyl (C=O) groups is 3. The number of anilines is 1. The zero-order chi connectivity index (χ0) is 30.2. The molecule has 0 aliphatic carbocycles. The molecule has 3 aliphatic rings. The summed E-state index contributed by atoms with van der Waals surface area (Å²) in [5.41, 5.74) is 0.0645. The maximum atomic E-state index is 14.2. The highest BCUT2D eigenvalue weighted by molar-refractivity contribution is 6.02. The molecule has 0 saturated carbocycles. The average Bonchev–Trinajstić information content (AvgIpc) is 3.71. The largest absolute Gasteiger partial charge is 0.494 e. The highest BCUT2D eigenvalue weighted by atomic mass is 16.5. The standard InChI is InChI=1S/C31H38N6O6/c1-3-42-21-13-11-20(12-14-21)33-27(39)24-25-29(41)36(17-7-4-8-18-38)26(31(25)16-15-30(24,2)43-31)28(40)32-19-37-23-10-6-5-9-22(23)34-35-37/h5-6,9-14,24-26,38H,3-4,7-8,15-19H2,1-2H3,(H,32,40)(H,33,39)/t24-,25+,26?,30+,31?/m1/s1. The van der Waals surface area contributed by atoms with E-state index in [0.717, 1.165) is 5.52 Å². The molecule has 2 unspecified atom stereocenters. The molecule has 3 aliphatic heterocycles. The predicted octanol–water partition coefficient (Wildman–Crippen LogP) is 2.47. The lowest BCUT2D eigenvalue weighted by Gasteiger charge is -2.33. The Morgan fingerprint density at radius 2 is 1.88 bits per heavy atom. The van der Waals surface area contributed by atoms with Crippen LogP contribution in [0.2, 0.25) is 0 Å². The molecular weight excluding hydrogens is 552 g/mol. The molecule has 2 bridgehead atoms. The number of nitrogens with zero attached hydrogens (tertiary/aromatic N) is 4. The van der Waals surface area contributed by atoms with Crippen LogP contribution in [0.1, 0.15) is 46.0 Å². The molecule has 3 fully saturated rings. The van der Waals surface area contributed by atoms with Crippen molar-refractivity contribution in [3.63, 3.8) is 0 Å². The third-order valence-corrected chi connectivity index (χ3v) is 9.12. The first-order valence-electron chi connectivity index (χ1n) is 15.0. The highest BCUT2D eigenvalue weighted by Crippen LogP contribution is 2.63. The quantitative estimate of drug-likeness (QED) is 0.273. The fourth-order valence-corrected chi connectivity index (χ4v) is 7.24. The number of hydrogen-bond donors (Lipinski definition) is 3. The van der Waals surface area contributed by atoms with E-state index in [1.165, 1.54) is 0 Å². The first kappa shape index (κ1) is 29.1. The number of aliphatic hydroxyl groups is 1. The minimum Gasteiger partial charge on any atom is -0.494 e. The van der Waals surface area contributed by atoms with Crippen LogP contribution in [0.5, 0.6) is 5.75 Å². The molecule has 43 heavy (non-hydrogen) atoms. The Kier molecular flexibility index (Phi) is 7.82. The van der Waals surface area contributed by atoms with E-state index in [2.05, 4.69) is 20.9 Å². The lowest BCUT2D eigenvalue weighted by molar-refractivity contribution is -0.145. The van der Waals surface area contributed by atoms with Crippen LogP contribution in [-0.2, 0) is 25.8 Å². The number of aromatic nitrogens is 3. The van der Waals surface area contributed by atoms with E-state index >= 15 is 0 Å². The van der Waals surface area contributed by atoms with Crippen molar-refractivity contribution >= 4 is 34.4 Å². The van der Waals surface area contributed by atoms with Gasteiger partial charge in [0.25, 0.3) is 0 Å². The van der Waals surface area contributed by atoms with Gasteiger partial charge in [0, 0.05) is 18.8 Å². The second-order valence-electron chi connectivity index (χ2n) is 11.8. The summed E-state index contributed by atoms with van der Waals surface area (Å²) in [7, 11) is 0. The predicted molar refractivity (Wildman–Crippen MR) is 157 cm³/mol. The Bertz CT molecular complexity index is 1510. The molecule has 1 aromatic heterocycles. The molecular formula is C31H38N6O6. The number of ether oxygens (including phenoxy) is 2. The Hall–Kier alpha value is -4.03. The summed E-state index contributed by atoms with van der Waals surface area (Å²) in [5, 5.41) is 23.5. The van der Waals surface area contributed by atoms with Gasteiger partial charge in [-0.2, -0.15) is 0 Å². The van der Waals surface area contributed by atoms with Crippen molar-refractivity contribution in [3.8, 4) is 5.75 Å². The summed E-state index contributed by atoms with van der Waals surface area (Å²) < 4.78 is 13.8. The highest BCUT2D eigenvalue weighted by Gasteiger charge is 2.77. The van der Waals surface area contributed by atoms with E-state index in [0.29, 0.717) is 62.2 Å². The lowest BCUT2D eigenvalue weighted by atomic mass is 9.66. The fourth-order valence-electron chi connectivity index (χ4n) is 7.24. The third kappa shape index (κ3) is 5.02. The van der Waals surface area contributed by atoms with Gasteiger partial charge < -0.3 is 30.1 Å². The number of fused-ring (bicyclic) bond motifs is 2. The average molecular weight is 591 g/mol. The molecule has 2 aromatic carbocycles. The van der Waals surface area contributed by atoms with Crippen LogP contribution in [0.3, 0.4) is 0 Å². The molecule has 5 atom stereocenters. The van der Waals surface area contributed by atoms with Crippen LogP contribution >= 0.6 is 0 Å². The molecule has 0 radical (unpaired) electrons. The molecule has 6 rings (SSSR count). The fraction of sp³-hybridized carbons (Fsp3) is 0.516. The van der Waals surface area contributed by atoms with E-state index in [4.69, 9.17) is 9.47 Å². The number of likely N-dealkylation sites (tertiary alicyclic amines) is 1. The lowest BCUT2D eigenvalue weighted by Crippen LogP contribution is -2.55. The van der Waals surface area contributed by atoms with Gasteiger partial charge in [-0.15, -0.1) is 5.10 Å². The number of nitrogens with one attached hydrogen (secondary N) is 2. The summed E-state index contributed by atoms with van der Waals surface area (Å²) in [6, 6.07) is 13.7. The van der Waals surface area contributed by atoms with Gasteiger partial charge in [0.1, 0.15) is 29.6 Å². The SMILES string of the molecule is CCOc1ccc(NC(=O)[C@H]2[C@H]3C(=O)N(CCCCCO)C(C(=O)NCn4nnc5ccccc54)C34CC[C@]2(C)O4)cc1. The van der Waals surface area contributed by atoms with Gasteiger partial charge in [-0.1, -0.05) is 17.3 Å². The molecule has 12 heteroatoms. The van der Waals surface area contributed by atoms with Crippen molar-refractivity contribution in [2.24, 2.45) is 11.8 Å². The van der Waals surface area contributed by atoms with Crippen molar-refractivity contribution in [1.82, 2.24) is 25.2 Å². The Balaban J connectivity index is 1.26. The topological polar surface area (TPSA) is 148 Å². The molecule has 1 spiro atoms. The summed E-state index contributed by atoms with van der Waals surface area (Å²) in [4.78, 5) is 43.6. The second kappa shape index (κ2) is 11.6. The van der Waals surface area contributed by atoms with Gasteiger partial charge in [-0.3, -0.25) is 14.4 Å². The molecule has 3 aromatic rings. The molecule has 3 saturated heterocycles. The minimum atomic E-state index is -1.13. The summed E-state index contributed by atoms with van der Waals surface area (Å²) in [5.74, 6) is -1.76. The van der Waals surface area contributed by atoms with Crippen molar-refractivity contribution in [3.05, 3.63) is 48.5 Å². The van der Waals surface area contributed by atoms with Gasteiger partial charge in [0.2, 0.25) is 17.7 Å². The second-order valence-corrected chi connectivity index (χ2v) is 11.8. The number of para-hydroxylation sites is 1. The van der Waals surface area contributed by atoms with Gasteiger partial charge in [-0.25, -0.2) is 4.68 Å². The van der Waals surface area contributed by atoms with Crippen LogP contribution < -0.4 is 15.4 Å². The normalized spacial score (nSPS) is 27.5. The van der Waals surface area contributed by atoms with Crippen LogP contribution in [0.4, 0.5) is 5.69 Å². The van der Waals surface area contributed by atoms with Crippen LogP contribution in [0, 0.1) is 11.8 Å². The number of benzene rings is 2. The maximum Gasteiger partial charge on any atom is 0.247 e. The summed E-state index contributed by atoms with van der Waals surface area (Å²) >= 11 is 0. The van der Waals surface area contributed by atoms with Crippen molar-refractivity contribution in [2.75, 3.05) is 25.1 Å². The Morgan fingerprint density at radius 1 is 1.09 bits per heavy atom. The van der Waals surface area contributed by atoms with E-state index in [1.54, 1.807) is 33.8 Å². The summed E-state index contributed by atoms with van der Waals surface area (Å²) in [6.07, 6.45) is 2.97. The van der Waals surface area contributed by atoms with Crippen molar-refractivity contribution in [1.29, 1.82) is 0 Å². The van der Waals surface area contributed by atoms with E-state index in [1.807, 2.05) is 38.1 Å². The van der Waals surface area contributed by atoms with E-state index < -0.39 is 29.1 Å². The van der Waals surface area contributed by atoms with Crippen LogP contribution in [0.15, 0.2) is 48.5 Å². The third-order valence-electron chi connectivity index (χ3n) is 9.12. The zero-order valence-corrected chi connectivity index (χ0v) is 24.5. The van der Waals surface area contributed by atoms with Gasteiger partial charge in [0.15, 0.2) is 0 Å². The molecule has 3 amide bonds. The van der Waals surface area contributed by atoms with Crippen molar-refractivity contribution < 1.29 is 29.0 Å². The zero-order valence-electron chi connectivity index (χ0n) is 24.5. The van der Waals surface area contributed by atoms with Gasteiger partial charge >= 0.3 is 0 Å². The number of aliphatic hydroxyl groups excluding tert-OH is 1. The van der Waals surface area contributed by atoms with Crippen LogP contribution in [0.25, 0.3) is 11.0 Å². The van der Waals surface area contributed by atoms with Crippen LogP contribution in [-0.4, -0.2) is 79.7 Å². The minimum absolute atomic E-state index is 0.0611. The number of hydrogen-bond acceptors (Lipinski definition) is 8. The van der Waals surface area contributed by atoms with E-state index in [9.17, 15) is 19.5 Å². The Labute approximate surface area is 249 Å². The molecule has 12 nitrogen and oxygen atoms in total. The number of rotatable bonds is 12. The Morgan fingerprint density at radius 3 is 2.65 bits per heavy atom. The smallest absolute Gasteiger partial charge is 0.247 e. The number of unbranched alkanes of at least 4 members (excludes halogenated alkanes) is 2. The monoisotopic (exact) mass is 590 g/mol.